The summed E-state index contributed by atoms with van der Waals surface area (Å²) < 4.78 is 14.5. The zero-order valence-corrected chi connectivity index (χ0v) is 14.7. The van der Waals surface area contributed by atoms with Gasteiger partial charge in [0.05, 0.1) is 22.2 Å². The second kappa shape index (κ2) is 5.06. The van der Waals surface area contributed by atoms with Gasteiger partial charge in [-0.3, -0.25) is 4.68 Å². The molecule has 1 aliphatic carbocycles. The molecular formula is C16H28BN3O2. The molecule has 1 aliphatic heterocycles. The monoisotopic (exact) mass is 305 g/mol. The molecule has 0 amide bonds. The van der Waals surface area contributed by atoms with Crippen LogP contribution in [0.25, 0.3) is 0 Å². The molecule has 1 saturated heterocycles. The summed E-state index contributed by atoms with van der Waals surface area (Å²) in [5.74, 6) is 0.672. The van der Waals surface area contributed by atoms with Crippen LogP contribution in [0, 0.1) is 5.92 Å². The first kappa shape index (κ1) is 16.0. The van der Waals surface area contributed by atoms with Gasteiger partial charge in [-0.15, -0.1) is 5.10 Å². The number of rotatable bonds is 5. The van der Waals surface area contributed by atoms with E-state index < -0.39 is 0 Å². The molecule has 3 rings (SSSR count). The predicted octanol–water partition coefficient (Wildman–Crippen LogP) is 2.99. The van der Waals surface area contributed by atoms with Crippen LogP contribution >= 0.6 is 0 Å². The minimum absolute atomic E-state index is 0.0961. The Bertz CT molecular complexity index is 533. The van der Waals surface area contributed by atoms with Gasteiger partial charge in [0.1, 0.15) is 0 Å². The number of nitrogens with zero attached hydrogens (tertiary/aromatic N) is 3. The highest BCUT2D eigenvalue weighted by molar-refractivity contribution is 6.51. The molecule has 2 aliphatic rings. The first-order valence-corrected chi connectivity index (χ1v) is 8.43. The molecule has 5 nitrogen and oxygen atoms in total. The van der Waals surface area contributed by atoms with E-state index in [2.05, 4.69) is 58.1 Å². The van der Waals surface area contributed by atoms with Crippen molar-refractivity contribution in [3.05, 3.63) is 11.9 Å². The smallest absolute Gasteiger partial charge is 0.403 e. The molecule has 22 heavy (non-hydrogen) atoms. The molecule has 1 aromatic heterocycles. The summed E-state index contributed by atoms with van der Waals surface area (Å²) in [7, 11) is -0.215. The summed E-state index contributed by atoms with van der Waals surface area (Å²) in [5.41, 5.74) is 0.441. The van der Waals surface area contributed by atoms with Crippen LogP contribution in [0.15, 0.2) is 6.20 Å². The van der Waals surface area contributed by atoms with E-state index in [4.69, 9.17) is 9.31 Å². The molecule has 2 heterocycles. The standard InChI is InChI=1S/C16H28BN3O2/c1-12(2)7-10-20-11-13(18-19-20)16(8-9-16)17-21-14(3,4)15(5,6)22-17/h11-12H,7-10H2,1-6H3. The quantitative estimate of drug-likeness (QED) is 0.785. The number of hydrogen-bond acceptors (Lipinski definition) is 4. The summed E-state index contributed by atoms with van der Waals surface area (Å²) in [4.78, 5) is 0. The van der Waals surface area contributed by atoms with E-state index in [1.165, 1.54) is 0 Å². The Morgan fingerprint density at radius 1 is 1.18 bits per heavy atom. The van der Waals surface area contributed by atoms with Gasteiger partial charge < -0.3 is 9.31 Å². The van der Waals surface area contributed by atoms with Crippen molar-refractivity contribution >= 4 is 7.12 Å². The zero-order chi connectivity index (χ0) is 16.2. The normalized spacial score (nSPS) is 25.0. The minimum Gasteiger partial charge on any atom is -0.403 e. The van der Waals surface area contributed by atoms with Crippen molar-refractivity contribution < 1.29 is 9.31 Å². The highest BCUT2D eigenvalue weighted by atomic mass is 16.7. The minimum atomic E-state index is -0.291. The Balaban J connectivity index is 1.75. The molecular weight excluding hydrogens is 277 g/mol. The van der Waals surface area contributed by atoms with E-state index in [1.807, 2.05) is 4.68 Å². The lowest BCUT2D eigenvalue weighted by Crippen LogP contribution is -2.41. The van der Waals surface area contributed by atoms with Crippen molar-refractivity contribution in [1.82, 2.24) is 15.0 Å². The molecule has 0 atom stereocenters. The Morgan fingerprint density at radius 3 is 2.27 bits per heavy atom. The van der Waals surface area contributed by atoms with E-state index in [9.17, 15) is 0 Å². The van der Waals surface area contributed by atoms with E-state index in [0.29, 0.717) is 5.92 Å². The summed E-state index contributed by atoms with van der Waals surface area (Å²) in [6, 6.07) is 0. The maximum Gasteiger partial charge on any atom is 0.470 e. The molecule has 0 unspecified atom stereocenters. The van der Waals surface area contributed by atoms with Crippen LogP contribution in [0.4, 0.5) is 0 Å². The van der Waals surface area contributed by atoms with Gasteiger partial charge in [-0.2, -0.15) is 0 Å². The number of aromatic nitrogens is 3. The molecule has 0 radical (unpaired) electrons. The Morgan fingerprint density at radius 2 is 1.77 bits per heavy atom. The largest absolute Gasteiger partial charge is 0.470 e. The van der Waals surface area contributed by atoms with Crippen LogP contribution in [0.2, 0.25) is 0 Å². The average Bonchev–Trinajstić information content (AvgIpc) is 3.00. The Labute approximate surface area is 133 Å². The molecule has 1 aromatic rings. The fraction of sp³-hybridized carbons (Fsp3) is 0.875. The van der Waals surface area contributed by atoms with Crippen molar-refractivity contribution in [1.29, 1.82) is 0 Å². The van der Waals surface area contributed by atoms with Crippen LogP contribution in [0.1, 0.15) is 66.5 Å². The molecule has 0 N–H and O–H groups in total. The summed E-state index contributed by atoms with van der Waals surface area (Å²) in [6.07, 6.45) is 5.33. The average molecular weight is 305 g/mol. The summed E-state index contributed by atoms with van der Waals surface area (Å²) >= 11 is 0. The van der Waals surface area contributed by atoms with Gasteiger partial charge >= 0.3 is 7.12 Å². The van der Waals surface area contributed by atoms with E-state index in [1.54, 1.807) is 0 Å². The first-order valence-electron chi connectivity index (χ1n) is 8.43. The second-order valence-corrected chi connectivity index (χ2v) is 8.29. The lowest BCUT2D eigenvalue weighted by atomic mass is 9.66. The van der Waals surface area contributed by atoms with E-state index >= 15 is 0 Å². The van der Waals surface area contributed by atoms with Gasteiger partial charge in [-0.05, 0) is 52.9 Å². The molecule has 1 saturated carbocycles. The highest BCUT2D eigenvalue weighted by Gasteiger charge is 2.66. The van der Waals surface area contributed by atoms with Crippen molar-refractivity contribution in [3.63, 3.8) is 0 Å². The fourth-order valence-electron chi connectivity index (χ4n) is 2.84. The first-order chi connectivity index (χ1) is 10.2. The number of aryl methyl sites for hydroxylation is 1. The molecule has 0 bridgehead atoms. The SMILES string of the molecule is CC(C)CCn1cc(C2(B3OC(C)(C)C(C)(C)O3)CC2)nn1. The van der Waals surface area contributed by atoms with Crippen LogP contribution in [0.5, 0.6) is 0 Å². The third kappa shape index (κ3) is 2.60. The maximum absolute atomic E-state index is 6.25. The van der Waals surface area contributed by atoms with Gasteiger partial charge in [0.2, 0.25) is 0 Å². The molecule has 6 heteroatoms. The third-order valence-electron chi connectivity index (χ3n) is 5.48. The zero-order valence-electron chi connectivity index (χ0n) is 14.7. The maximum atomic E-state index is 6.25. The van der Waals surface area contributed by atoms with Crippen molar-refractivity contribution in [2.24, 2.45) is 5.92 Å². The molecule has 122 valence electrons. The molecule has 2 fully saturated rings. The van der Waals surface area contributed by atoms with Crippen molar-refractivity contribution in [2.45, 2.75) is 83.9 Å². The third-order valence-corrected chi connectivity index (χ3v) is 5.48. The topological polar surface area (TPSA) is 49.2 Å². The van der Waals surface area contributed by atoms with E-state index in [0.717, 1.165) is 31.5 Å². The Kier molecular flexibility index (Phi) is 3.68. The van der Waals surface area contributed by atoms with Gasteiger partial charge in [0.15, 0.2) is 0 Å². The second-order valence-electron chi connectivity index (χ2n) is 8.29. The van der Waals surface area contributed by atoms with Crippen LogP contribution in [-0.2, 0) is 21.2 Å². The van der Waals surface area contributed by atoms with Gasteiger partial charge in [0, 0.05) is 12.7 Å². The number of hydrogen-bond donors (Lipinski definition) is 0. The lowest BCUT2D eigenvalue weighted by Gasteiger charge is -2.32. The molecule has 0 spiro atoms. The summed E-state index contributed by atoms with van der Waals surface area (Å²) in [5, 5.41) is 8.62. The summed E-state index contributed by atoms with van der Waals surface area (Å²) in [6.45, 7) is 13.8. The van der Waals surface area contributed by atoms with Crippen LogP contribution < -0.4 is 0 Å². The van der Waals surface area contributed by atoms with Crippen LogP contribution in [0.3, 0.4) is 0 Å². The van der Waals surface area contributed by atoms with Crippen molar-refractivity contribution in [3.8, 4) is 0 Å². The van der Waals surface area contributed by atoms with Gasteiger partial charge in [-0.1, -0.05) is 19.1 Å². The van der Waals surface area contributed by atoms with Gasteiger partial charge in [0.25, 0.3) is 0 Å². The predicted molar refractivity (Wildman–Crippen MR) is 86.5 cm³/mol. The van der Waals surface area contributed by atoms with Crippen LogP contribution in [-0.4, -0.2) is 33.3 Å². The fourth-order valence-corrected chi connectivity index (χ4v) is 2.84. The Hall–Kier alpha value is -0.875. The molecule has 0 aromatic carbocycles. The lowest BCUT2D eigenvalue weighted by molar-refractivity contribution is 0.00578. The highest BCUT2D eigenvalue weighted by Crippen LogP contribution is 2.54. The van der Waals surface area contributed by atoms with Gasteiger partial charge in [-0.25, -0.2) is 0 Å². The van der Waals surface area contributed by atoms with Crippen molar-refractivity contribution in [2.75, 3.05) is 0 Å². The van der Waals surface area contributed by atoms with E-state index in [-0.39, 0.29) is 23.6 Å².